The number of esters is 1. The van der Waals surface area contributed by atoms with Gasteiger partial charge in [-0.3, -0.25) is 9.59 Å². The fraction of sp³-hybridized carbons (Fsp3) is 0.429. The molecule has 1 saturated carbocycles. The highest BCUT2D eigenvalue weighted by atomic mass is 35.5. The number of fused-ring (bicyclic) bond motifs is 1. The molecule has 2 aliphatic rings. The van der Waals surface area contributed by atoms with E-state index in [4.69, 9.17) is 25.8 Å². The van der Waals surface area contributed by atoms with Crippen LogP contribution in [0.25, 0.3) is 0 Å². The molecule has 1 aliphatic carbocycles. The number of halogens is 1. The van der Waals surface area contributed by atoms with Crippen LogP contribution in [-0.4, -0.2) is 37.3 Å². The maximum atomic E-state index is 13.9. The molecular formula is C35H40ClNO6. The average Bonchev–Trinajstić information content (AvgIpc) is 3.00. The van der Waals surface area contributed by atoms with Gasteiger partial charge in [-0.15, -0.1) is 0 Å². The molecule has 3 aromatic rings. The number of rotatable bonds is 8. The minimum atomic E-state index is -1.08. The lowest BCUT2D eigenvalue weighted by Crippen LogP contribution is -2.41. The fourth-order valence-electron chi connectivity index (χ4n) is 6.58. The summed E-state index contributed by atoms with van der Waals surface area (Å²) in [4.78, 5) is 27.7. The maximum absolute atomic E-state index is 13.9. The molecule has 1 aliphatic heterocycles. The number of ether oxygens (including phenoxy) is 3. The van der Waals surface area contributed by atoms with E-state index in [1.165, 1.54) is 7.11 Å². The Labute approximate surface area is 258 Å². The molecule has 7 nitrogen and oxygen atoms in total. The summed E-state index contributed by atoms with van der Waals surface area (Å²) in [6.07, 6.45) is 3.02. The molecule has 3 aromatic carbocycles. The second-order valence-corrected chi connectivity index (χ2v) is 12.5. The minimum absolute atomic E-state index is 0.0129. The zero-order valence-corrected chi connectivity index (χ0v) is 26.2. The van der Waals surface area contributed by atoms with Crippen LogP contribution in [0, 0.1) is 11.8 Å². The number of methoxy groups -OCH3 is 2. The summed E-state index contributed by atoms with van der Waals surface area (Å²) < 4.78 is 16.7. The monoisotopic (exact) mass is 605 g/mol. The van der Waals surface area contributed by atoms with E-state index in [2.05, 4.69) is 0 Å². The highest BCUT2D eigenvalue weighted by Crippen LogP contribution is 2.45. The first-order chi connectivity index (χ1) is 20.5. The SMILES string of the molecule is COC(=O)C1CCC(C(C)(O)c2ccc(N3C(=O)Cc4cc(OC)c(OC(C)C)cc4C3c3ccc(Cl)cc3)cc2)CC1. The van der Waals surface area contributed by atoms with Crippen LogP contribution in [0.1, 0.15) is 74.8 Å². The predicted molar refractivity (Wildman–Crippen MR) is 167 cm³/mol. The number of nitrogens with zero attached hydrogens (tertiary/aromatic N) is 1. The largest absolute Gasteiger partial charge is 0.493 e. The highest BCUT2D eigenvalue weighted by molar-refractivity contribution is 6.30. The van der Waals surface area contributed by atoms with Gasteiger partial charge in [0.05, 0.1) is 44.3 Å². The maximum Gasteiger partial charge on any atom is 0.308 e. The van der Waals surface area contributed by atoms with Crippen LogP contribution >= 0.6 is 11.6 Å². The molecule has 43 heavy (non-hydrogen) atoms. The van der Waals surface area contributed by atoms with Crippen molar-refractivity contribution in [3.63, 3.8) is 0 Å². The van der Waals surface area contributed by atoms with Gasteiger partial charge in [-0.25, -0.2) is 0 Å². The van der Waals surface area contributed by atoms with Crippen LogP contribution in [0.5, 0.6) is 11.5 Å². The van der Waals surface area contributed by atoms with Crippen LogP contribution in [-0.2, 0) is 26.3 Å². The van der Waals surface area contributed by atoms with Crippen molar-refractivity contribution in [3.8, 4) is 11.5 Å². The number of hydrogen-bond donors (Lipinski definition) is 1. The predicted octanol–water partition coefficient (Wildman–Crippen LogP) is 7.00. The van der Waals surface area contributed by atoms with Crippen molar-refractivity contribution < 1.29 is 28.9 Å². The standard InChI is InChI=1S/C35H40ClNO6/c1-21(2)43-31-20-29-24(18-30(31)41-4)19-32(38)37(33(29)22-8-14-27(36)15-9-22)28-16-12-26(13-17-28)35(3,40)25-10-6-23(7-11-25)34(39)42-5/h8-9,12-18,20-21,23,25,33,40H,6-7,10-11,19H2,1-5H3. The Balaban J connectivity index is 1.50. The van der Waals surface area contributed by atoms with Crippen molar-refractivity contribution in [2.75, 3.05) is 19.1 Å². The number of amides is 1. The number of aliphatic hydroxyl groups is 1. The van der Waals surface area contributed by atoms with E-state index in [1.54, 1.807) is 7.11 Å². The third kappa shape index (κ3) is 6.24. The Morgan fingerprint density at radius 3 is 2.21 bits per heavy atom. The van der Waals surface area contributed by atoms with E-state index >= 15 is 0 Å². The molecule has 1 N–H and O–H groups in total. The molecule has 228 valence electrons. The van der Waals surface area contributed by atoms with Crippen molar-refractivity contribution >= 4 is 29.2 Å². The van der Waals surface area contributed by atoms with E-state index < -0.39 is 11.6 Å². The number of hydrogen-bond acceptors (Lipinski definition) is 6. The third-order valence-electron chi connectivity index (χ3n) is 8.92. The van der Waals surface area contributed by atoms with E-state index in [0.717, 1.165) is 40.8 Å². The lowest BCUT2D eigenvalue weighted by atomic mass is 9.71. The molecule has 0 saturated heterocycles. The Bertz CT molecular complexity index is 1460. The summed E-state index contributed by atoms with van der Waals surface area (Å²) in [7, 11) is 3.02. The van der Waals surface area contributed by atoms with Crippen LogP contribution in [0.15, 0.2) is 60.7 Å². The topological polar surface area (TPSA) is 85.3 Å². The number of carbonyl (C=O) groups excluding carboxylic acids is 2. The molecule has 2 unspecified atom stereocenters. The van der Waals surface area contributed by atoms with Gasteiger partial charge in [0.1, 0.15) is 0 Å². The molecule has 8 heteroatoms. The van der Waals surface area contributed by atoms with E-state index in [0.29, 0.717) is 29.4 Å². The van der Waals surface area contributed by atoms with E-state index in [1.807, 2.05) is 86.3 Å². The zero-order valence-electron chi connectivity index (χ0n) is 25.4. The first kappa shape index (κ1) is 30.9. The van der Waals surface area contributed by atoms with Gasteiger partial charge in [0.15, 0.2) is 11.5 Å². The normalized spacial score (nSPS) is 21.6. The van der Waals surface area contributed by atoms with Gasteiger partial charge < -0.3 is 24.2 Å². The van der Waals surface area contributed by atoms with Gasteiger partial charge in [0, 0.05) is 10.7 Å². The molecule has 0 bridgehead atoms. The van der Waals surface area contributed by atoms with Crippen LogP contribution in [0.4, 0.5) is 5.69 Å². The highest BCUT2D eigenvalue weighted by Gasteiger charge is 2.39. The molecule has 1 amide bonds. The molecule has 0 radical (unpaired) electrons. The Morgan fingerprint density at radius 2 is 1.63 bits per heavy atom. The summed E-state index contributed by atoms with van der Waals surface area (Å²) in [5, 5.41) is 12.3. The van der Waals surface area contributed by atoms with Crippen LogP contribution < -0.4 is 14.4 Å². The third-order valence-corrected chi connectivity index (χ3v) is 9.18. The van der Waals surface area contributed by atoms with Gasteiger partial charge in [0.2, 0.25) is 5.91 Å². The number of anilines is 1. The van der Waals surface area contributed by atoms with Crippen molar-refractivity contribution in [1.29, 1.82) is 0 Å². The van der Waals surface area contributed by atoms with Gasteiger partial charge in [-0.1, -0.05) is 35.9 Å². The molecule has 2 atom stereocenters. The summed E-state index contributed by atoms with van der Waals surface area (Å²) in [6.45, 7) is 5.77. The summed E-state index contributed by atoms with van der Waals surface area (Å²) in [5.41, 5.74) is 3.19. The second kappa shape index (κ2) is 12.6. The Morgan fingerprint density at radius 1 is 0.977 bits per heavy atom. The molecule has 5 rings (SSSR count). The molecule has 1 heterocycles. The smallest absolute Gasteiger partial charge is 0.308 e. The van der Waals surface area contributed by atoms with Gasteiger partial charge in [-0.05, 0) is 111 Å². The fourth-order valence-corrected chi connectivity index (χ4v) is 6.71. The molecule has 1 fully saturated rings. The van der Waals surface area contributed by atoms with E-state index in [-0.39, 0.29) is 36.2 Å². The number of benzene rings is 3. The first-order valence-corrected chi connectivity index (χ1v) is 15.3. The minimum Gasteiger partial charge on any atom is -0.493 e. The van der Waals surface area contributed by atoms with Crippen molar-refractivity contribution in [3.05, 3.63) is 87.9 Å². The Kier molecular flexibility index (Phi) is 9.04. The zero-order chi connectivity index (χ0) is 30.9. The van der Waals surface area contributed by atoms with Crippen molar-refractivity contribution in [2.24, 2.45) is 11.8 Å². The van der Waals surface area contributed by atoms with Crippen molar-refractivity contribution in [1.82, 2.24) is 0 Å². The van der Waals surface area contributed by atoms with Crippen LogP contribution in [0.2, 0.25) is 5.02 Å². The molecule has 0 spiro atoms. The lowest BCUT2D eigenvalue weighted by molar-refractivity contribution is -0.147. The quantitative estimate of drug-likeness (QED) is 0.278. The first-order valence-electron chi connectivity index (χ1n) is 14.9. The van der Waals surface area contributed by atoms with Crippen LogP contribution in [0.3, 0.4) is 0 Å². The number of carbonyl (C=O) groups is 2. The van der Waals surface area contributed by atoms with Crippen molar-refractivity contribution in [2.45, 2.75) is 70.6 Å². The molecular weight excluding hydrogens is 566 g/mol. The Hall–Kier alpha value is -3.55. The van der Waals surface area contributed by atoms with Gasteiger partial charge >= 0.3 is 5.97 Å². The lowest BCUT2D eigenvalue weighted by Gasteiger charge is -2.39. The van der Waals surface area contributed by atoms with Gasteiger partial charge in [0.25, 0.3) is 0 Å². The summed E-state index contributed by atoms with van der Waals surface area (Å²) in [6, 6.07) is 18.6. The van der Waals surface area contributed by atoms with Gasteiger partial charge in [-0.2, -0.15) is 0 Å². The second-order valence-electron chi connectivity index (χ2n) is 12.0. The molecule has 0 aromatic heterocycles. The van der Waals surface area contributed by atoms with E-state index in [9.17, 15) is 14.7 Å². The summed E-state index contributed by atoms with van der Waals surface area (Å²) >= 11 is 6.25. The average molecular weight is 606 g/mol. The summed E-state index contributed by atoms with van der Waals surface area (Å²) in [5.74, 6) is 0.899.